The maximum absolute atomic E-state index is 12.4. The summed E-state index contributed by atoms with van der Waals surface area (Å²) in [5, 5.41) is 9.86. The van der Waals surface area contributed by atoms with Gasteiger partial charge in [-0.2, -0.15) is 5.10 Å². The maximum atomic E-state index is 12.4. The molecule has 0 unspecified atom stereocenters. The molecule has 1 heterocycles. The highest BCUT2D eigenvalue weighted by atomic mass is 16.2. The fourth-order valence-electron chi connectivity index (χ4n) is 2.84. The first-order chi connectivity index (χ1) is 10.6. The van der Waals surface area contributed by atoms with Gasteiger partial charge in [0.25, 0.3) is 0 Å². The third-order valence-electron chi connectivity index (χ3n) is 4.20. The van der Waals surface area contributed by atoms with E-state index in [1.807, 2.05) is 31.2 Å². The summed E-state index contributed by atoms with van der Waals surface area (Å²) in [7, 11) is 0. The highest BCUT2D eigenvalue weighted by molar-refractivity contribution is 5.98. The van der Waals surface area contributed by atoms with Crippen molar-refractivity contribution in [1.29, 1.82) is 0 Å². The van der Waals surface area contributed by atoms with Crippen LogP contribution in [0.4, 0.5) is 5.69 Å². The molecule has 6 nitrogen and oxygen atoms in total. The summed E-state index contributed by atoms with van der Waals surface area (Å²) >= 11 is 0. The highest BCUT2D eigenvalue weighted by Gasteiger charge is 2.35. The molecule has 1 aliphatic carbocycles. The van der Waals surface area contributed by atoms with Crippen LogP contribution in [0.15, 0.2) is 24.3 Å². The zero-order valence-corrected chi connectivity index (χ0v) is 12.7. The summed E-state index contributed by atoms with van der Waals surface area (Å²) in [4.78, 5) is 16.7. The Hall–Kier alpha value is -2.21. The molecule has 1 aromatic heterocycles. The van der Waals surface area contributed by atoms with E-state index in [9.17, 15) is 4.79 Å². The molecule has 0 saturated heterocycles. The van der Waals surface area contributed by atoms with Crippen molar-refractivity contribution < 1.29 is 4.79 Å². The van der Waals surface area contributed by atoms with E-state index in [0.717, 1.165) is 49.2 Å². The van der Waals surface area contributed by atoms with E-state index < -0.39 is 5.54 Å². The molecule has 1 saturated carbocycles. The lowest BCUT2D eigenvalue weighted by Gasteiger charge is -2.31. The van der Waals surface area contributed by atoms with E-state index in [2.05, 4.69) is 20.5 Å². The van der Waals surface area contributed by atoms with Crippen LogP contribution in [0, 0.1) is 6.92 Å². The SMILES string of the molecule is Cc1nc(-c2ccc(NC(=O)C3(N)CCCCC3)cc2)n[nH]1. The number of H-pyrrole nitrogens is 1. The van der Waals surface area contributed by atoms with Gasteiger partial charge in [0, 0.05) is 11.3 Å². The number of carbonyl (C=O) groups excluding carboxylic acids is 1. The first-order valence-corrected chi connectivity index (χ1v) is 7.67. The van der Waals surface area contributed by atoms with Gasteiger partial charge in [-0.15, -0.1) is 0 Å². The average molecular weight is 299 g/mol. The normalized spacial score (nSPS) is 17.2. The average Bonchev–Trinajstić information content (AvgIpc) is 2.95. The van der Waals surface area contributed by atoms with Gasteiger partial charge < -0.3 is 11.1 Å². The second-order valence-corrected chi connectivity index (χ2v) is 5.99. The number of nitrogens with zero attached hydrogens (tertiary/aromatic N) is 2. The fraction of sp³-hybridized carbons (Fsp3) is 0.438. The highest BCUT2D eigenvalue weighted by Crippen LogP contribution is 2.27. The Morgan fingerprint density at radius 2 is 1.91 bits per heavy atom. The summed E-state index contributed by atoms with van der Waals surface area (Å²) in [6, 6.07) is 7.49. The molecule has 4 N–H and O–H groups in total. The Morgan fingerprint density at radius 1 is 1.23 bits per heavy atom. The van der Waals surface area contributed by atoms with Crippen molar-refractivity contribution >= 4 is 11.6 Å². The maximum Gasteiger partial charge on any atom is 0.244 e. The van der Waals surface area contributed by atoms with Gasteiger partial charge in [0.15, 0.2) is 5.82 Å². The van der Waals surface area contributed by atoms with Crippen molar-refractivity contribution in [3.8, 4) is 11.4 Å². The van der Waals surface area contributed by atoms with Crippen LogP contribution in [0.1, 0.15) is 37.9 Å². The van der Waals surface area contributed by atoms with Crippen molar-refractivity contribution in [2.24, 2.45) is 5.73 Å². The molecule has 22 heavy (non-hydrogen) atoms. The molecule has 0 spiro atoms. The number of amides is 1. The molecular weight excluding hydrogens is 278 g/mol. The van der Waals surface area contributed by atoms with Crippen LogP contribution < -0.4 is 11.1 Å². The predicted octanol–water partition coefficient (Wildman–Crippen LogP) is 2.38. The number of nitrogens with one attached hydrogen (secondary N) is 2. The number of nitrogens with two attached hydrogens (primary N) is 1. The number of carbonyl (C=O) groups is 1. The Bertz CT molecular complexity index is 655. The smallest absolute Gasteiger partial charge is 0.244 e. The third-order valence-corrected chi connectivity index (χ3v) is 4.20. The predicted molar refractivity (Wildman–Crippen MR) is 85.2 cm³/mol. The summed E-state index contributed by atoms with van der Waals surface area (Å²) < 4.78 is 0. The van der Waals surface area contributed by atoms with Crippen LogP contribution >= 0.6 is 0 Å². The summed E-state index contributed by atoms with van der Waals surface area (Å²) in [6.07, 6.45) is 4.72. The van der Waals surface area contributed by atoms with Gasteiger partial charge in [-0.05, 0) is 44.0 Å². The number of anilines is 1. The minimum absolute atomic E-state index is 0.0892. The second-order valence-electron chi connectivity index (χ2n) is 5.99. The van der Waals surface area contributed by atoms with Crippen LogP contribution in [0.3, 0.4) is 0 Å². The minimum atomic E-state index is -0.724. The van der Waals surface area contributed by atoms with E-state index in [4.69, 9.17) is 5.73 Å². The largest absolute Gasteiger partial charge is 0.324 e. The van der Waals surface area contributed by atoms with Crippen LogP contribution in [0.5, 0.6) is 0 Å². The molecule has 116 valence electrons. The number of benzene rings is 1. The van der Waals surface area contributed by atoms with Crippen LogP contribution in [-0.4, -0.2) is 26.6 Å². The molecule has 0 aliphatic heterocycles. The van der Waals surface area contributed by atoms with Crippen LogP contribution in [-0.2, 0) is 4.79 Å². The van der Waals surface area contributed by atoms with E-state index in [1.165, 1.54) is 0 Å². The van der Waals surface area contributed by atoms with Gasteiger partial charge >= 0.3 is 0 Å². The lowest BCUT2D eigenvalue weighted by molar-refractivity contribution is -0.122. The van der Waals surface area contributed by atoms with Gasteiger partial charge in [0.05, 0.1) is 5.54 Å². The number of aromatic amines is 1. The molecule has 1 aliphatic rings. The summed E-state index contributed by atoms with van der Waals surface area (Å²) in [5.41, 5.74) is 7.17. The molecule has 0 radical (unpaired) electrons. The van der Waals surface area contributed by atoms with Crippen molar-refractivity contribution in [2.75, 3.05) is 5.32 Å². The molecule has 6 heteroatoms. The minimum Gasteiger partial charge on any atom is -0.324 e. The van der Waals surface area contributed by atoms with Crippen LogP contribution in [0.2, 0.25) is 0 Å². The first kappa shape index (κ1) is 14.7. The Kier molecular flexibility index (Phi) is 3.94. The molecule has 1 amide bonds. The Balaban J connectivity index is 1.69. The molecule has 1 aromatic carbocycles. The van der Waals surface area contributed by atoms with Gasteiger partial charge in [0.1, 0.15) is 5.82 Å². The fourth-order valence-corrected chi connectivity index (χ4v) is 2.84. The number of aromatic nitrogens is 3. The summed E-state index contributed by atoms with van der Waals surface area (Å²) in [6.45, 7) is 1.86. The number of aryl methyl sites for hydroxylation is 1. The molecule has 2 aromatic rings. The number of hydrogen-bond donors (Lipinski definition) is 3. The van der Waals surface area contributed by atoms with Gasteiger partial charge in [-0.25, -0.2) is 4.98 Å². The second kappa shape index (κ2) is 5.88. The van der Waals surface area contributed by atoms with Crippen molar-refractivity contribution in [2.45, 2.75) is 44.6 Å². The third kappa shape index (κ3) is 3.01. The van der Waals surface area contributed by atoms with E-state index in [0.29, 0.717) is 5.82 Å². The molecule has 1 fully saturated rings. The Morgan fingerprint density at radius 3 is 2.50 bits per heavy atom. The lowest BCUT2D eigenvalue weighted by atomic mass is 9.82. The number of hydrogen-bond acceptors (Lipinski definition) is 4. The molecule has 3 rings (SSSR count). The first-order valence-electron chi connectivity index (χ1n) is 7.67. The van der Waals surface area contributed by atoms with Crippen LogP contribution in [0.25, 0.3) is 11.4 Å². The van der Waals surface area contributed by atoms with Crippen molar-refractivity contribution in [3.63, 3.8) is 0 Å². The van der Waals surface area contributed by atoms with Gasteiger partial charge in [-0.3, -0.25) is 9.89 Å². The van der Waals surface area contributed by atoms with Gasteiger partial charge in [-0.1, -0.05) is 19.3 Å². The van der Waals surface area contributed by atoms with Gasteiger partial charge in [0.2, 0.25) is 5.91 Å². The Labute approximate surface area is 129 Å². The van der Waals surface area contributed by atoms with Crippen molar-refractivity contribution in [1.82, 2.24) is 15.2 Å². The molecular formula is C16H21N5O. The van der Waals surface area contributed by atoms with Crippen molar-refractivity contribution in [3.05, 3.63) is 30.1 Å². The lowest BCUT2D eigenvalue weighted by Crippen LogP contribution is -2.52. The topological polar surface area (TPSA) is 96.7 Å². The monoisotopic (exact) mass is 299 g/mol. The molecule has 0 bridgehead atoms. The zero-order chi connectivity index (χ0) is 15.6. The molecule has 0 atom stereocenters. The van der Waals surface area contributed by atoms with E-state index in [1.54, 1.807) is 0 Å². The summed E-state index contributed by atoms with van der Waals surface area (Å²) in [5.74, 6) is 1.33. The standard InChI is InChI=1S/C16H21N5O/c1-11-18-14(21-20-11)12-5-7-13(8-6-12)19-15(22)16(17)9-3-2-4-10-16/h5-8H,2-4,9-10,17H2,1H3,(H,19,22)(H,18,20,21). The van der Waals surface area contributed by atoms with E-state index >= 15 is 0 Å². The zero-order valence-electron chi connectivity index (χ0n) is 12.7. The quantitative estimate of drug-likeness (QED) is 0.810. The number of rotatable bonds is 3. The van der Waals surface area contributed by atoms with E-state index in [-0.39, 0.29) is 5.91 Å².